The highest BCUT2D eigenvalue weighted by Crippen LogP contribution is 2.23. The molecule has 3 nitrogen and oxygen atoms in total. The van der Waals surface area contributed by atoms with Gasteiger partial charge in [-0.3, -0.25) is 0 Å². The number of para-hydroxylation sites is 2. The van der Waals surface area contributed by atoms with Crippen LogP contribution in [0.2, 0.25) is 0 Å². The van der Waals surface area contributed by atoms with E-state index in [9.17, 15) is 5.11 Å². The molecule has 20 heavy (non-hydrogen) atoms. The molecule has 4 heteroatoms. The Hall–Kier alpha value is -1.65. The number of halogens is 1. The lowest BCUT2D eigenvalue weighted by Gasteiger charge is -2.11. The number of rotatable bonds is 3. The molecule has 0 fully saturated rings. The summed E-state index contributed by atoms with van der Waals surface area (Å²) in [5, 5.41) is 10.4. The Balaban J connectivity index is 1.91. The van der Waals surface area contributed by atoms with Crippen LogP contribution in [0.5, 0.6) is 0 Å². The standard InChI is InChI=1S/C16H15BrN2O/c1-19-14-8-3-2-7-13(14)18-16(19)10-15(20)11-5-4-6-12(17)9-11/h2-9,15,20H,10H2,1H3. The van der Waals surface area contributed by atoms with Crippen LogP contribution in [0.3, 0.4) is 0 Å². The average Bonchev–Trinajstić information content (AvgIpc) is 2.76. The van der Waals surface area contributed by atoms with E-state index in [0.717, 1.165) is 26.9 Å². The summed E-state index contributed by atoms with van der Waals surface area (Å²) in [5.74, 6) is 0.888. The van der Waals surface area contributed by atoms with Crippen molar-refractivity contribution in [2.75, 3.05) is 0 Å². The molecule has 1 aromatic heterocycles. The van der Waals surface area contributed by atoms with E-state index in [1.807, 2.05) is 60.1 Å². The van der Waals surface area contributed by atoms with E-state index >= 15 is 0 Å². The molecule has 0 saturated heterocycles. The molecule has 1 atom stereocenters. The van der Waals surface area contributed by atoms with Crippen molar-refractivity contribution < 1.29 is 5.11 Å². The molecule has 0 bridgehead atoms. The number of imidazole rings is 1. The quantitative estimate of drug-likeness (QED) is 0.796. The number of hydrogen-bond acceptors (Lipinski definition) is 2. The predicted molar refractivity (Wildman–Crippen MR) is 83.5 cm³/mol. The van der Waals surface area contributed by atoms with Gasteiger partial charge in [-0.2, -0.15) is 0 Å². The highest BCUT2D eigenvalue weighted by atomic mass is 79.9. The van der Waals surface area contributed by atoms with Crippen molar-refractivity contribution in [1.82, 2.24) is 9.55 Å². The number of aryl methyl sites for hydroxylation is 1. The van der Waals surface area contributed by atoms with Crippen LogP contribution >= 0.6 is 15.9 Å². The lowest BCUT2D eigenvalue weighted by molar-refractivity contribution is 0.175. The average molecular weight is 331 g/mol. The van der Waals surface area contributed by atoms with Crippen molar-refractivity contribution in [3.05, 3.63) is 64.4 Å². The molecule has 3 aromatic rings. The Morgan fingerprint density at radius 2 is 2.00 bits per heavy atom. The molecule has 1 heterocycles. The third kappa shape index (κ3) is 2.49. The van der Waals surface area contributed by atoms with Crippen molar-refractivity contribution in [2.24, 2.45) is 7.05 Å². The van der Waals surface area contributed by atoms with Gasteiger partial charge in [0.15, 0.2) is 0 Å². The van der Waals surface area contributed by atoms with Gasteiger partial charge in [0.05, 0.1) is 17.1 Å². The monoisotopic (exact) mass is 330 g/mol. The maximum atomic E-state index is 10.4. The fourth-order valence-corrected chi connectivity index (χ4v) is 2.80. The third-order valence-corrected chi connectivity index (χ3v) is 3.98. The van der Waals surface area contributed by atoms with Gasteiger partial charge in [0.2, 0.25) is 0 Å². The number of hydrogen-bond donors (Lipinski definition) is 1. The Labute approximate surface area is 126 Å². The van der Waals surface area contributed by atoms with E-state index in [-0.39, 0.29) is 0 Å². The summed E-state index contributed by atoms with van der Waals surface area (Å²) in [6.07, 6.45) is -0.0511. The maximum absolute atomic E-state index is 10.4. The molecule has 0 spiro atoms. The lowest BCUT2D eigenvalue weighted by Crippen LogP contribution is -2.06. The Morgan fingerprint density at radius 1 is 1.20 bits per heavy atom. The van der Waals surface area contributed by atoms with Crippen molar-refractivity contribution >= 4 is 27.0 Å². The number of aromatic nitrogens is 2. The normalized spacial score (nSPS) is 12.8. The second kappa shape index (κ2) is 5.38. The van der Waals surface area contributed by atoms with Crippen molar-refractivity contribution in [3.8, 4) is 0 Å². The number of nitrogens with zero attached hydrogens (tertiary/aromatic N) is 2. The smallest absolute Gasteiger partial charge is 0.112 e. The minimum Gasteiger partial charge on any atom is -0.388 e. The minimum atomic E-state index is -0.553. The first-order valence-electron chi connectivity index (χ1n) is 6.49. The molecule has 102 valence electrons. The van der Waals surface area contributed by atoms with E-state index in [1.165, 1.54) is 0 Å². The molecular formula is C16H15BrN2O. The van der Waals surface area contributed by atoms with Gasteiger partial charge in [0.1, 0.15) is 5.82 Å². The SMILES string of the molecule is Cn1c(CC(O)c2cccc(Br)c2)nc2ccccc21. The fraction of sp³-hybridized carbons (Fsp3) is 0.188. The van der Waals surface area contributed by atoms with E-state index < -0.39 is 6.10 Å². The lowest BCUT2D eigenvalue weighted by atomic mass is 10.1. The summed E-state index contributed by atoms with van der Waals surface area (Å²) in [7, 11) is 1.98. The van der Waals surface area contributed by atoms with Crippen molar-refractivity contribution in [2.45, 2.75) is 12.5 Å². The first-order chi connectivity index (χ1) is 9.65. The molecule has 3 rings (SSSR count). The van der Waals surface area contributed by atoms with E-state index in [0.29, 0.717) is 6.42 Å². The van der Waals surface area contributed by atoms with Crippen molar-refractivity contribution in [1.29, 1.82) is 0 Å². The van der Waals surface area contributed by atoms with Gasteiger partial charge in [0.25, 0.3) is 0 Å². The van der Waals surface area contributed by atoms with Gasteiger partial charge in [-0.1, -0.05) is 40.2 Å². The molecule has 0 aliphatic heterocycles. The molecule has 0 saturated carbocycles. The zero-order valence-corrected chi connectivity index (χ0v) is 12.7. The summed E-state index contributed by atoms with van der Waals surface area (Å²) in [6, 6.07) is 15.7. The van der Waals surface area contributed by atoms with E-state index in [2.05, 4.69) is 20.9 Å². The Bertz CT molecular complexity index is 751. The van der Waals surface area contributed by atoms with Crippen LogP contribution in [0.15, 0.2) is 53.0 Å². The number of aliphatic hydroxyl groups is 1. The highest BCUT2D eigenvalue weighted by molar-refractivity contribution is 9.10. The summed E-state index contributed by atoms with van der Waals surface area (Å²) < 4.78 is 3.01. The molecule has 0 aliphatic rings. The first kappa shape index (κ1) is 13.3. The van der Waals surface area contributed by atoms with Crippen LogP contribution < -0.4 is 0 Å². The zero-order chi connectivity index (χ0) is 14.1. The van der Waals surface area contributed by atoms with Crippen LogP contribution in [0.1, 0.15) is 17.5 Å². The van der Waals surface area contributed by atoms with Gasteiger partial charge in [-0.15, -0.1) is 0 Å². The van der Waals surface area contributed by atoms with E-state index in [1.54, 1.807) is 0 Å². The number of fused-ring (bicyclic) bond motifs is 1. The van der Waals surface area contributed by atoms with Crippen LogP contribution in [-0.2, 0) is 13.5 Å². The van der Waals surface area contributed by atoms with Gasteiger partial charge in [-0.25, -0.2) is 4.98 Å². The highest BCUT2D eigenvalue weighted by Gasteiger charge is 2.14. The molecule has 0 radical (unpaired) electrons. The van der Waals surface area contributed by atoms with Crippen LogP contribution in [-0.4, -0.2) is 14.7 Å². The molecular weight excluding hydrogens is 316 g/mol. The van der Waals surface area contributed by atoms with Gasteiger partial charge >= 0.3 is 0 Å². The fourth-order valence-electron chi connectivity index (χ4n) is 2.38. The number of aliphatic hydroxyl groups excluding tert-OH is 1. The van der Waals surface area contributed by atoms with Gasteiger partial charge in [0, 0.05) is 17.9 Å². The molecule has 1 unspecified atom stereocenters. The molecule has 0 amide bonds. The second-order valence-electron chi connectivity index (χ2n) is 4.85. The third-order valence-electron chi connectivity index (χ3n) is 3.49. The van der Waals surface area contributed by atoms with Crippen LogP contribution in [0, 0.1) is 0 Å². The van der Waals surface area contributed by atoms with E-state index in [4.69, 9.17) is 0 Å². The summed E-state index contributed by atoms with van der Waals surface area (Å²) in [6.45, 7) is 0. The largest absolute Gasteiger partial charge is 0.388 e. The van der Waals surface area contributed by atoms with Crippen molar-refractivity contribution in [3.63, 3.8) is 0 Å². The maximum Gasteiger partial charge on any atom is 0.112 e. The zero-order valence-electron chi connectivity index (χ0n) is 11.1. The summed E-state index contributed by atoms with van der Waals surface area (Å²) in [4.78, 5) is 4.59. The number of benzene rings is 2. The molecule has 1 N–H and O–H groups in total. The summed E-state index contributed by atoms with van der Waals surface area (Å²) in [5.41, 5.74) is 2.95. The topological polar surface area (TPSA) is 38.0 Å². The Morgan fingerprint density at radius 3 is 2.75 bits per heavy atom. The van der Waals surface area contributed by atoms with Gasteiger partial charge in [-0.05, 0) is 29.8 Å². The second-order valence-corrected chi connectivity index (χ2v) is 5.77. The van der Waals surface area contributed by atoms with Gasteiger partial charge < -0.3 is 9.67 Å². The Kier molecular flexibility index (Phi) is 3.59. The predicted octanol–water partition coefficient (Wildman–Crippen LogP) is 3.61. The van der Waals surface area contributed by atoms with Crippen LogP contribution in [0.25, 0.3) is 11.0 Å². The minimum absolute atomic E-state index is 0.502. The molecule has 0 aliphatic carbocycles. The first-order valence-corrected chi connectivity index (χ1v) is 7.28. The molecule has 2 aromatic carbocycles. The summed E-state index contributed by atoms with van der Waals surface area (Å²) >= 11 is 3.43. The van der Waals surface area contributed by atoms with Crippen LogP contribution in [0.4, 0.5) is 0 Å².